The van der Waals surface area contributed by atoms with Crippen molar-refractivity contribution in [3.63, 3.8) is 0 Å². The highest BCUT2D eigenvalue weighted by molar-refractivity contribution is 9.10. The molecular weight excluding hydrogens is 328 g/mol. The lowest BCUT2D eigenvalue weighted by Gasteiger charge is -1.99. The molecule has 5 nitrogen and oxygen atoms in total. The van der Waals surface area contributed by atoms with Gasteiger partial charge in [-0.25, -0.2) is 9.59 Å². The van der Waals surface area contributed by atoms with Gasteiger partial charge in [0.15, 0.2) is 0 Å². The predicted molar refractivity (Wildman–Crippen MR) is 75.1 cm³/mol. The first-order valence-electron chi connectivity index (χ1n) is 5.62. The van der Waals surface area contributed by atoms with E-state index < -0.39 is 17.7 Å². The van der Waals surface area contributed by atoms with Crippen LogP contribution in [0.4, 0.5) is 0 Å². The Morgan fingerprint density at radius 1 is 1.05 bits per heavy atom. The van der Waals surface area contributed by atoms with Crippen molar-refractivity contribution in [1.29, 1.82) is 0 Å². The second-order valence-electron chi connectivity index (χ2n) is 3.96. The van der Waals surface area contributed by atoms with Crippen LogP contribution < -0.4 is 0 Å². The lowest BCUT2D eigenvalue weighted by Crippen LogP contribution is -2.02. The minimum atomic E-state index is -0.722. The summed E-state index contributed by atoms with van der Waals surface area (Å²) in [5.74, 6) is -1.87. The molecule has 0 aliphatic heterocycles. The highest BCUT2D eigenvalue weighted by atomic mass is 79.9. The van der Waals surface area contributed by atoms with E-state index in [4.69, 9.17) is 0 Å². The van der Waals surface area contributed by atoms with Crippen molar-refractivity contribution in [2.75, 3.05) is 14.2 Å². The normalized spacial score (nSPS) is 10.3. The lowest BCUT2D eigenvalue weighted by molar-refractivity contribution is 0.0598. The zero-order chi connectivity index (χ0) is 14.9. The molecule has 0 saturated carbocycles. The Morgan fingerprint density at radius 3 is 2.15 bits per heavy atom. The molecule has 6 heteroatoms. The summed E-state index contributed by atoms with van der Waals surface area (Å²) in [6, 6.07) is 6.70. The van der Waals surface area contributed by atoms with Gasteiger partial charge in [0.1, 0.15) is 16.9 Å². The Kier molecular flexibility index (Phi) is 3.94. The molecule has 0 aromatic carbocycles. The van der Waals surface area contributed by atoms with Gasteiger partial charge in [0.2, 0.25) is 0 Å². The minimum Gasteiger partial charge on any atom is -0.506 e. The summed E-state index contributed by atoms with van der Waals surface area (Å²) in [7, 11) is 2.41. The first-order valence-corrected chi connectivity index (χ1v) is 6.41. The first kappa shape index (κ1) is 14.3. The van der Waals surface area contributed by atoms with Gasteiger partial charge in [-0.2, -0.15) is 0 Å². The van der Waals surface area contributed by atoms with Gasteiger partial charge in [-0.1, -0.05) is 28.1 Å². The molecule has 2 aliphatic carbocycles. The van der Waals surface area contributed by atoms with E-state index in [1.54, 1.807) is 24.3 Å². The molecule has 104 valence electrons. The van der Waals surface area contributed by atoms with Crippen LogP contribution in [0.1, 0.15) is 20.7 Å². The molecule has 20 heavy (non-hydrogen) atoms. The van der Waals surface area contributed by atoms with Crippen molar-refractivity contribution < 1.29 is 24.2 Å². The minimum absolute atomic E-state index is 0.0500. The third kappa shape index (κ3) is 2.22. The van der Waals surface area contributed by atoms with Gasteiger partial charge in [-0.3, -0.25) is 0 Å². The van der Waals surface area contributed by atoms with Crippen LogP contribution in [0.3, 0.4) is 0 Å². The van der Waals surface area contributed by atoms with Gasteiger partial charge in [0.25, 0.3) is 0 Å². The van der Waals surface area contributed by atoms with Gasteiger partial charge in [-0.15, -0.1) is 0 Å². The van der Waals surface area contributed by atoms with E-state index in [0.717, 1.165) is 0 Å². The van der Waals surface area contributed by atoms with Crippen LogP contribution in [0.5, 0.6) is 5.75 Å². The molecule has 0 heterocycles. The van der Waals surface area contributed by atoms with E-state index >= 15 is 0 Å². The molecule has 1 N–H and O–H groups in total. The molecular formula is C14H11BrO5. The molecule has 0 atom stereocenters. The summed E-state index contributed by atoms with van der Waals surface area (Å²) in [5, 5.41) is 10.2. The summed E-state index contributed by atoms with van der Waals surface area (Å²) in [5.41, 5.74) is 0.720. The second-order valence-corrected chi connectivity index (χ2v) is 4.88. The topological polar surface area (TPSA) is 72.8 Å². The number of aromatic hydroxyl groups is 1. The van der Waals surface area contributed by atoms with Crippen LogP contribution in [-0.2, 0) is 9.47 Å². The van der Waals surface area contributed by atoms with Gasteiger partial charge < -0.3 is 14.6 Å². The average Bonchev–Trinajstić information content (AvgIpc) is 2.57. The molecule has 0 unspecified atom stereocenters. The standard InChI is InChI=1S/C14H11BrO5/c1-19-13(17)10-8-5-3-4-7(15)6-9(8)11(12(10)16)14(18)20-2/h3-6,16H,1-2H3. The number of methoxy groups -OCH3 is 2. The number of esters is 2. The number of fused-ring (bicyclic) bond motifs is 1. The largest absolute Gasteiger partial charge is 0.506 e. The molecule has 2 aliphatic rings. The second kappa shape index (κ2) is 5.50. The van der Waals surface area contributed by atoms with Gasteiger partial charge in [-0.05, 0) is 12.1 Å². The maximum Gasteiger partial charge on any atom is 0.342 e. The van der Waals surface area contributed by atoms with Crippen molar-refractivity contribution in [2.24, 2.45) is 0 Å². The third-order valence-corrected chi connectivity index (χ3v) is 3.38. The molecule has 2 rings (SSSR count). The van der Waals surface area contributed by atoms with Crippen molar-refractivity contribution in [1.82, 2.24) is 0 Å². The van der Waals surface area contributed by atoms with E-state index in [1.165, 1.54) is 14.2 Å². The van der Waals surface area contributed by atoms with Gasteiger partial charge >= 0.3 is 11.9 Å². The number of ether oxygens (including phenoxy) is 2. The van der Waals surface area contributed by atoms with Crippen LogP contribution in [0.15, 0.2) is 28.7 Å². The summed E-state index contributed by atoms with van der Waals surface area (Å²) in [6.07, 6.45) is 0. The Bertz CT molecular complexity index is 665. The fourth-order valence-corrected chi connectivity index (χ4v) is 2.39. The number of carbonyl (C=O) groups excluding carboxylic acids is 2. The number of hydrogen-bond donors (Lipinski definition) is 1. The van der Waals surface area contributed by atoms with E-state index in [0.29, 0.717) is 15.6 Å². The zero-order valence-corrected chi connectivity index (χ0v) is 12.4. The van der Waals surface area contributed by atoms with Crippen LogP contribution >= 0.6 is 15.9 Å². The van der Waals surface area contributed by atoms with Gasteiger partial charge in [0.05, 0.1) is 14.2 Å². The maximum atomic E-state index is 11.8. The summed E-state index contributed by atoms with van der Waals surface area (Å²) in [4.78, 5) is 23.6. The molecule has 0 fully saturated rings. The van der Waals surface area contributed by atoms with Crippen molar-refractivity contribution in [2.45, 2.75) is 0 Å². The molecule has 0 bridgehead atoms. The number of carbonyl (C=O) groups is 2. The SMILES string of the molecule is COC(=O)c1c2cccc(Br)cc-2c(C(=O)OC)c1O. The Balaban J connectivity index is 2.86. The molecule has 0 aromatic heterocycles. The van der Waals surface area contributed by atoms with Crippen LogP contribution in [-0.4, -0.2) is 31.3 Å². The fourth-order valence-electron chi connectivity index (χ4n) is 2.01. The summed E-state index contributed by atoms with van der Waals surface area (Å²) < 4.78 is 10.00. The third-order valence-electron chi connectivity index (χ3n) is 2.88. The lowest BCUT2D eigenvalue weighted by atomic mass is 10.1. The van der Waals surface area contributed by atoms with Crippen molar-refractivity contribution in [3.8, 4) is 16.9 Å². The van der Waals surface area contributed by atoms with Crippen molar-refractivity contribution in [3.05, 3.63) is 39.9 Å². The molecule has 0 amide bonds. The number of rotatable bonds is 2. The van der Waals surface area contributed by atoms with Crippen LogP contribution in [0, 0.1) is 0 Å². The van der Waals surface area contributed by atoms with Gasteiger partial charge in [0, 0.05) is 15.6 Å². The smallest absolute Gasteiger partial charge is 0.342 e. The highest BCUT2D eigenvalue weighted by Gasteiger charge is 2.31. The number of halogens is 1. The average molecular weight is 339 g/mol. The predicted octanol–water partition coefficient (Wildman–Crippen LogP) is 2.83. The molecule has 0 spiro atoms. The zero-order valence-electron chi connectivity index (χ0n) is 10.8. The molecule has 0 radical (unpaired) electrons. The fraction of sp³-hybridized carbons (Fsp3) is 0.143. The number of hydrogen-bond acceptors (Lipinski definition) is 5. The summed E-state index contributed by atoms with van der Waals surface area (Å²) >= 11 is 3.31. The van der Waals surface area contributed by atoms with E-state index in [2.05, 4.69) is 25.4 Å². The van der Waals surface area contributed by atoms with E-state index in [9.17, 15) is 14.7 Å². The summed E-state index contributed by atoms with van der Waals surface area (Å²) in [6.45, 7) is 0. The first-order chi connectivity index (χ1) is 9.51. The monoisotopic (exact) mass is 338 g/mol. The maximum absolute atomic E-state index is 11.8. The Morgan fingerprint density at radius 2 is 1.60 bits per heavy atom. The highest BCUT2D eigenvalue weighted by Crippen LogP contribution is 2.42. The molecule has 0 aromatic rings. The van der Waals surface area contributed by atoms with Crippen LogP contribution in [0.2, 0.25) is 0 Å². The Hall–Kier alpha value is -2.08. The molecule has 0 saturated heterocycles. The quantitative estimate of drug-likeness (QED) is 0.852. The van der Waals surface area contributed by atoms with E-state index in [1.807, 2.05) is 0 Å². The Labute approximate surface area is 123 Å². The van der Waals surface area contributed by atoms with Crippen molar-refractivity contribution >= 4 is 27.9 Å². The van der Waals surface area contributed by atoms with E-state index in [-0.39, 0.29) is 11.1 Å². The van der Waals surface area contributed by atoms with Crippen LogP contribution in [0.25, 0.3) is 11.1 Å².